The fourth-order valence-electron chi connectivity index (χ4n) is 3.02. The van der Waals surface area contributed by atoms with E-state index in [4.69, 9.17) is 4.74 Å². The van der Waals surface area contributed by atoms with Crippen molar-refractivity contribution in [3.63, 3.8) is 0 Å². The lowest BCUT2D eigenvalue weighted by Gasteiger charge is -2.26. The summed E-state index contributed by atoms with van der Waals surface area (Å²) in [6.07, 6.45) is 8.21. The van der Waals surface area contributed by atoms with Crippen molar-refractivity contribution >= 4 is 0 Å². The van der Waals surface area contributed by atoms with Crippen molar-refractivity contribution in [3.8, 4) is 5.75 Å². The van der Waals surface area contributed by atoms with Gasteiger partial charge in [-0.15, -0.1) is 0 Å². The lowest BCUT2D eigenvalue weighted by Crippen LogP contribution is -2.11. The Balaban J connectivity index is 1.91. The van der Waals surface area contributed by atoms with Gasteiger partial charge in [0.1, 0.15) is 0 Å². The largest absolute Gasteiger partial charge is 0.491 e. The van der Waals surface area contributed by atoms with Crippen LogP contribution in [0.5, 0.6) is 5.75 Å². The normalized spacial score (nSPS) is 22.8. The first kappa shape index (κ1) is 15.3. The molecule has 20 heavy (non-hydrogen) atoms. The predicted molar refractivity (Wildman–Crippen MR) is 81.8 cm³/mol. The van der Waals surface area contributed by atoms with Crippen molar-refractivity contribution in [1.82, 2.24) is 0 Å². The van der Waals surface area contributed by atoms with Gasteiger partial charge in [-0.3, -0.25) is 0 Å². The molecule has 0 saturated heterocycles. The van der Waals surface area contributed by atoms with E-state index in [2.05, 4.69) is 19.9 Å². The molecule has 0 spiro atoms. The van der Waals surface area contributed by atoms with Gasteiger partial charge in [-0.25, -0.2) is 4.39 Å². The molecule has 0 heterocycles. The summed E-state index contributed by atoms with van der Waals surface area (Å²) < 4.78 is 19.6. The minimum atomic E-state index is -0.197. The maximum Gasteiger partial charge on any atom is 0.165 e. The summed E-state index contributed by atoms with van der Waals surface area (Å²) >= 11 is 0. The Kier molecular flexibility index (Phi) is 5.87. The van der Waals surface area contributed by atoms with Crippen LogP contribution in [-0.2, 0) is 0 Å². The van der Waals surface area contributed by atoms with Gasteiger partial charge in [0.05, 0.1) is 6.61 Å². The van der Waals surface area contributed by atoms with Gasteiger partial charge in [0.15, 0.2) is 11.6 Å². The summed E-state index contributed by atoms with van der Waals surface area (Å²) in [5, 5.41) is 0. The average molecular weight is 278 g/mol. The Morgan fingerprint density at radius 2 is 1.90 bits per heavy atom. The van der Waals surface area contributed by atoms with E-state index < -0.39 is 0 Å². The number of hydrogen-bond donors (Lipinski definition) is 0. The van der Waals surface area contributed by atoms with E-state index in [0.29, 0.717) is 18.3 Å². The highest BCUT2D eigenvalue weighted by Gasteiger charge is 2.20. The van der Waals surface area contributed by atoms with Crippen molar-refractivity contribution < 1.29 is 9.13 Å². The van der Waals surface area contributed by atoms with E-state index in [0.717, 1.165) is 30.7 Å². The third-order valence-electron chi connectivity index (χ3n) is 4.45. The van der Waals surface area contributed by atoms with Gasteiger partial charge in [-0.2, -0.15) is 0 Å². The van der Waals surface area contributed by atoms with E-state index in [1.165, 1.54) is 25.7 Å². The quantitative estimate of drug-likeness (QED) is 0.607. The maximum atomic E-state index is 14.1. The summed E-state index contributed by atoms with van der Waals surface area (Å²) in [6, 6.07) is 5.56. The van der Waals surface area contributed by atoms with Crippen LogP contribution in [0, 0.1) is 11.7 Å². The second-order valence-electron chi connectivity index (χ2n) is 6.20. The van der Waals surface area contributed by atoms with Crippen LogP contribution in [0.15, 0.2) is 18.2 Å². The molecular formula is C18H27FO. The van der Waals surface area contributed by atoms with E-state index in [1.807, 2.05) is 6.07 Å². The van der Waals surface area contributed by atoms with Crippen LogP contribution in [0.4, 0.5) is 4.39 Å². The van der Waals surface area contributed by atoms with Crippen LogP contribution in [0.3, 0.4) is 0 Å². The van der Waals surface area contributed by atoms with Crippen molar-refractivity contribution in [3.05, 3.63) is 29.6 Å². The summed E-state index contributed by atoms with van der Waals surface area (Å²) in [7, 11) is 0. The first-order chi connectivity index (χ1) is 9.70. The number of benzene rings is 1. The molecule has 0 amide bonds. The Labute approximate surface area is 122 Å². The van der Waals surface area contributed by atoms with Gasteiger partial charge in [-0.1, -0.05) is 45.6 Å². The molecule has 1 aromatic rings. The van der Waals surface area contributed by atoms with Gasteiger partial charge in [0, 0.05) is 0 Å². The molecule has 1 fully saturated rings. The fourth-order valence-corrected chi connectivity index (χ4v) is 3.02. The molecule has 112 valence electrons. The van der Waals surface area contributed by atoms with E-state index in [1.54, 1.807) is 6.07 Å². The highest BCUT2D eigenvalue weighted by molar-refractivity contribution is 5.31. The standard InChI is InChI=1S/C18H27FO/c1-3-4-5-12-20-18-11-10-16(13-17(18)19)15-8-6-14(2)7-9-15/h10-11,13-15H,3-9,12H2,1-2H3/t14-,15-. The van der Waals surface area contributed by atoms with Crippen LogP contribution in [0.1, 0.15) is 70.3 Å². The van der Waals surface area contributed by atoms with Crippen LogP contribution in [0.2, 0.25) is 0 Å². The van der Waals surface area contributed by atoms with Gasteiger partial charge in [0.2, 0.25) is 0 Å². The third-order valence-corrected chi connectivity index (χ3v) is 4.45. The van der Waals surface area contributed by atoms with Gasteiger partial charge < -0.3 is 4.74 Å². The fraction of sp³-hybridized carbons (Fsp3) is 0.667. The molecule has 0 unspecified atom stereocenters. The predicted octanol–water partition coefficient (Wildman–Crippen LogP) is 5.69. The number of rotatable bonds is 6. The molecule has 1 aliphatic carbocycles. The third kappa shape index (κ3) is 4.22. The number of ether oxygens (including phenoxy) is 1. The van der Waals surface area contributed by atoms with E-state index in [-0.39, 0.29) is 5.82 Å². The molecule has 0 N–H and O–H groups in total. The monoisotopic (exact) mass is 278 g/mol. The molecule has 0 bridgehead atoms. The van der Waals surface area contributed by atoms with E-state index in [9.17, 15) is 4.39 Å². The van der Waals surface area contributed by atoms with Crippen molar-refractivity contribution in [2.75, 3.05) is 6.61 Å². The zero-order valence-corrected chi connectivity index (χ0v) is 12.8. The lowest BCUT2D eigenvalue weighted by atomic mass is 9.79. The highest BCUT2D eigenvalue weighted by Crippen LogP contribution is 2.36. The van der Waals surface area contributed by atoms with Gasteiger partial charge >= 0.3 is 0 Å². The van der Waals surface area contributed by atoms with E-state index >= 15 is 0 Å². The molecule has 2 heteroatoms. The van der Waals surface area contributed by atoms with Gasteiger partial charge in [-0.05, 0) is 48.8 Å². The zero-order chi connectivity index (χ0) is 14.4. The number of unbranched alkanes of at least 4 members (excludes halogenated alkanes) is 2. The molecule has 0 aromatic heterocycles. The minimum absolute atomic E-state index is 0.197. The second-order valence-corrected chi connectivity index (χ2v) is 6.20. The van der Waals surface area contributed by atoms with Crippen LogP contribution < -0.4 is 4.74 Å². The summed E-state index contributed by atoms with van der Waals surface area (Å²) in [4.78, 5) is 0. The SMILES string of the molecule is CCCCCOc1ccc([C@H]2CC[C@H](C)CC2)cc1F. The van der Waals surface area contributed by atoms with Crippen LogP contribution >= 0.6 is 0 Å². The summed E-state index contributed by atoms with van der Waals surface area (Å²) in [5.74, 6) is 1.58. The van der Waals surface area contributed by atoms with Crippen molar-refractivity contribution in [2.24, 2.45) is 5.92 Å². The highest BCUT2D eigenvalue weighted by atomic mass is 19.1. The molecule has 0 aliphatic heterocycles. The van der Waals surface area contributed by atoms with Crippen molar-refractivity contribution in [2.45, 2.75) is 64.7 Å². The van der Waals surface area contributed by atoms with Crippen LogP contribution in [0.25, 0.3) is 0 Å². The molecule has 2 rings (SSSR count). The molecule has 1 aliphatic rings. The molecule has 1 aromatic carbocycles. The lowest BCUT2D eigenvalue weighted by molar-refractivity contribution is 0.290. The Morgan fingerprint density at radius 3 is 2.55 bits per heavy atom. The molecular weight excluding hydrogens is 251 g/mol. The number of halogens is 1. The van der Waals surface area contributed by atoms with Crippen LogP contribution in [-0.4, -0.2) is 6.61 Å². The maximum absolute atomic E-state index is 14.1. The topological polar surface area (TPSA) is 9.23 Å². The summed E-state index contributed by atoms with van der Waals surface area (Å²) in [6.45, 7) is 5.08. The molecule has 0 radical (unpaired) electrons. The Hall–Kier alpha value is -1.05. The summed E-state index contributed by atoms with van der Waals surface area (Å²) in [5.41, 5.74) is 1.15. The zero-order valence-electron chi connectivity index (χ0n) is 12.8. The van der Waals surface area contributed by atoms with Crippen molar-refractivity contribution in [1.29, 1.82) is 0 Å². The average Bonchev–Trinajstić information content (AvgIpc) is 2.46. The molecule has 0 atom stereocenters. The first-order valence-electron chi connectivity index (χ1n) is 8.13. The second kappa shape index (κ2) is 7.66. The first-order valence-corrected chi connectivity index (χ1v) is 8.13. The minimum Gasteiger partial charge on any atom is -0.491 e. The smallest absolute Gasteiger partial charge is 0.165 e. The Morgan fingerprint density at radius 1 is 1.15 bits per heavy atom. The number of hydrogen-bond acceptors (Lipinski definition) is 1. The van der Waals surface area contributed by atoms with Gasteiger partial charge in [0.25, 0.3) is 0 Å². The molecule has 1 saturated carbocycles. The molecule has 1 nitrogen and oxygen atoms in total. The Bertz CT molecular complexity index is 408.